The summed E-state index contributed by atoms with van der Waals surface area (Å²) in [7, 11) is -5.17. The first-order valence-electron chi connectivity index (χ1n) is 2.80. The van der Waals surface area contributed by atoms with Crippen molar-refractivity contribution in [2.45, 2.75) is 0 Å². The fourth-order valence-corrected chi connectivity index (χ4v) is 0.428. The molecule has 0 aromatic heterocycles. The van der Waals surface area contributed by atoms with Crippen LogP contribution in [0.15, 0.2) is 30.3 Å². The van der Waals surface area contributed by atoms with E-state index in [1.807, 2.05) is 6.07 Å². The average Bonchev–Trinajstić information content (AvgIpc) is 1.85. The maximum atomic E-state index is 8.63. The number of rotatable bonds is 0. The normalized spacial score (nSPS) is 8.43. The van der Waals surface area contributed by atoms with E-state index in [4.69, 9.17) is 22.6 Å². The Hall–Kier alpha value is 0.890. The summed E-state index contributed by atoms with van der Waals surface area (Å²) in [5, 5.41) is 8.63. The van der Waals surface area contributed by atoms with Crippen LogP contribution in [0.3, 0.4) is 0 Å². The van der Waals surface area contributed by atoms with E-state index in [2.05, 4.69) is 0 Å². The molecule has 68 valence electrons. The smallest absolute Gasteiger partial charge is 0.759 e. The quantitative estimate of drug-likeness (QED) is 0.274. The molecule has 0 atom stereocenters. The molecule has 1 aromatic carbocycles. The second-order valence-electron chi connectivity index (χ2n) is 1.74. The standard InChI is InChI=1S/C6H6O.2Na.H2O4S/c7-6-4-2-1-3-5-6;;;1-5(2,3)4/h1-5,7H;;;(H2,1,2,3,4)/q;2*+1;/p-2. The Morgan fingerprint density at radius 1 is 1.00 bits per heavy atom. The molecule has 0 unspecified atom stereocenters. The van der Waals surface area contributed by atoms with E-state index in [1.54, 1.807) is 24.3 Å². The molecule has 14 heavy (non-hydrogen) atoms. The molecule has 0 amide bonds. The summed E-state index contributed by atoms with van der Waals surface area (Å²) in [5.74, 6) is 0.322. The molecule has 0 fully saturated rings. The van der Waals surface area contributed by atoms with Crippen LogP contribution in [-0.2, 0) is 10.4 Å². The first kappa shape index (κ1) is 20.3. The maximum Gasteiger partial charge on any atom is 1.00 e. The monoisotopic (exact) mass is 236 g/mol. The first-order chi connectivity index (χ1) is 5.39. The molecule has 0 aliphatic rings. The minimum absolute atomic E-state index is 0. The number of hydrogen-bond acceptors (Lipinski definition) is 5. The van der Waals surface area contributed by atoms with Crippen molar-refractivity contribution in [1.82, 2.24) is 0 Å². The zero-order valence-electron chi connectivity index (χ0n) is 7.88. The van der Waals surface area contributed by atoms with Crippen LogP contribution in [0, 0.1) is 0 Å². The third-order valence-corrected chi connectivity index (χ3v) is 0.756. The van der Waals surface area contributed by atoms with Crippen molar-refractivity contribution in [3.05, 3.63) is 30.3 Å². The van der Waals surface area contributed by atoms with Gasteiger partial charge in [0.25, 0.3) is 0 Å². The molecule has 0 aliphatic heterocycles. The fourth-order valence-electron chi connectivity index (χ4n) is 0.428. The van der Waals surface area contributed by atoms with Crippen LogP contribution in [0.1, 0.15) is 0 Å². The van der Waals surface area contributed by atoms with E-state index in [0.717, 1.165) is 0 Å². The number of aromatic hydroxyl groups is 1. The van der Waals surface area contributed by atoms with Crippen molar-refractivity contribution in [3.63, 3.8) is 0 Å². The summed E-state index contributed by atoms with van der Waals surface area (Å²) in [6, 6.07) is 8.71. The molecule has 5 nitrogen and oxygen atoms in total. The minimum atomic E-state index is -5.17. The van der Waals surface area contributed by atoms with Gasteiger partial charge in [-0.05, 0) is 12.1 Å². The Balaban J connectivity index is -0.000000159. The van der Waals surface area contributed by atoms with E-state index in [9.17, 15) is 0 Å². The minimum Gasteiger partial charge on any atom is -0.759 e. The number of para-hydroxylation sites is 1. The van der Waals surface area contributed by atoms with Gasteiger partial charge in [0, 0.05) is 10.4 Å². The largest absolute Gasteiger partial charge is 1.00 e. The molecule has 8 heteroatoms. The van der Waals surface area contributed by atoms with Gasteiger partial charge in [-0.1, -0.05) is 18.2 Å². The molecule has 0 aliphatic carbocycles. The molecule has 1 aromatic rings. The maximum absolute atomic E-state index is 8.63. The van der Waals surface area contributed by atoms with Gasteiger partial charge in [-0.15, -0.1) is 0 Å². The predicted octanol–water partition coefficient (Wildman–Crippen LogP) is -5.94. The van der Waals surface area contributed by atoms with Gasteiger partial charge in [-0.25, -0.2) is 0 Å². The molecule has 0 radical (unpaired) electrons. The van der Waals surface area contributed by atoms with Crippen LogP contribution >= 0.6 is 0 Å². The Morgan fingerprint density at radius 3 is 1.43 bits per heavy atom. The van der Waals surface area contributed by atoms with Gasteiger partial charge >= 0.3 is 59.1 Å². The van der Waals surface area contributed by atoms with Crippen LogP contribution in [0.4, 0.5) is 0 Å². The summed E-state index contributed by atoms with van der Waals surface area (Å²) < 4.78 is 34.1. The fraction of sp³-hybridized carbons (Fsp3) is 0. The van der Waals surface area contributed by atoms with Crippen molar-refractivity contribution in [2.24, 2.45) is 0 Å². The van der Waals surface area contributed by atoms with Crippen molar-refractivity contribution in [3.8, 4) is 5.75 Å². The third kappa shape index (κ3) is 23.1. The van der Waals surface area contributed by atoms with Crippen LogP contribution in [0.25, 0.3) is 0 Å². The summed E-state index contributed by atoms with van der Waals surface area (Å²) >= 11 is 0. The second kappa shape index (κ2) is 10.4. The molecule has 0 heterocycles. The summed E-state index contributed by atoms with van der Waals surface area (Å²) in [6.07, 6.45) is 0. The predicted molar refractivity (Wildman–Crippen MR) is 38.6 cm³/mol. The summed E-state index contributed by atoms with van der Waals surface area (Å²) in [5.41, 5.74) is 0. The zero-order chi connectivity index (χ0) is 9.61. The van der Waals surface area contributed by atoms with E-state index < -0.39 is 10.4 Å². The Kier molecular flexibility index (Phi) is 15.1. The van der Waals surface area contributed by atoms with Crippen LogP contribution < -0.4 is 59.1 Å². The van der Waals surface area contributed by atoms with Crippen molar-refractivity contribution < 1.29 is 81.7 Å². The zero-order valence-corrected chi connectivity index (χ0v) is 12.7. The molecule has 0 bridgehead atoms. The summed E-state index contributed by atoms with van der Waals surface area (Å²) in [4.78, 5) is 0. The molecule has 0 saturated carbocycles. The van der Waals surface area contributed by atoms with Gasteiger partial charge in [0.2, 0.25) is 0 Å². The van der Waals surface area contributed by atoms with Crippen molar-refractivity contribution in [2.75, 3.05) is 0 Å². The van der Waals surface area contributed by atoms with Gasteiger partial charge < -0.3 is 14.2 Å². The Morgan fingerprint density at radius 2 is 1.29 bits per heavy atom. The summed E-state index contributed by atoms with van der Waals surface area (Å²) in [6.45, 7) is 0. The van der Waals surface area contributed by atoms with E-state index >= 15 is 0 Å². The molecular formula is C6H6Na2O5S. The van der Waals surface area contributed by atoms with Gasteiger partial charge in [0.15, 0.2) is 0 Å². The van der Waals surface area contributed by atoms with Crippen LogP contribution in [-0.4, -0.2) is 22.6 Å². The van der Waals surface area contributed by atoms with Crippen molar-refractivity contribution >= 4 is 10.4 Å². The van der Waals surface area contributed by atoms with Crippen LogP contribution in [0.2, 0.25) is 0 Å². The number of hydrogen-bond donors (Lipinski definition) is 1. The molecule has 0 saturated heterocycles. The first-order valence-corrected chi connectivity index (χ1v) is 4.13. The number of benzene rings is 1. The SMILES string of the molecule is O=S(=O)([O-])[O-].Oc1ccccc1.[Na+].[Na+]. The van der Waals surface area contributed by atoms with Gasteiger partial charge in [0.05, 0.1) is 0 Å². The molecule has 0 spiro atoms. The van der Waals surface area contributed by atoms with E-state index in [1.165, 1.54) is 0 Å². The van der Waals surface area contributed by atoms with Gasteiger partial charge in [0.1, 0.15) is 5.75 Å². The molecular weight excluding hydrogens is 230 g/mol. The topological polar surface area (TPSA) is 100 Å². The van der Waals surface area contributed by atoms with E-state index in [-0.39, 0.29) is 59.1 Å². The van der Waals surface area contributed by atoms with Gasteiger partial charge in [-0.3, -0.25) is 8.42 Å². The Labute approximate surface area is 127 Å². The average molecular weight is 236 g/mol. The number of phenolic OH excluding ortho intramolecular Hbond substituents is 1. The molecule has 1 rings (SSSR count). The number of phenols is 1. The van der Waals surface area contributed by atoms with E-state index in [0.29, 0.717) is 5.75 Å². The van der Waals surface area contributed by atoms with Crippen LogP contribution in [0.5, 0.6) is 5.75 Å². The van der Waals surface area contributed by atoms with Crippen molar-refractivity contribution in [1.29, 1.82) is 0 Å². The third-order valence-electron chi connectivity index (χ3n) is 0.756. The molecule has 1 N–H and O–H groups in total. The second-order valence-corrected chi connectivity index (χ2v) is 2.56. The van der Waals surface area contributed by atoms with Gasteiger partial charge in [-0.2, -0.15) is 0 Å². The Bertz CT molecular complexity index is 304.